The first-order chi connectivity index (χ1) is 11.2. The number of piperazine rings is 1. The molecule has 1 aromatic rings. The lowest BCUT2D eigenvalue weighted by atomic mass is 10.2. The van der Waals surface area contributed by atoms with Crippen molar-refractivity contribution in [2.45, 2.75) is 13.1 Å². The number of nitrogens with zero attached hydrogens (tertiary/aromatic N) is 2. The summed E-state index contributed by atoms with van der Waals surface area (Å²) in [7, 11) is 0. The third-order valence-corrected chi connectivity index (χ3v) is 4.07. The molecule has 0 atom stereocenters. The van der Waals surface area contributed by atoms with Gasteiger partial charge in [0, 0.05) is 38.8 Å². The van der Waals surface area contributed by atoms with E-state index in [2.05, 4.69) is 5.32 Å². The maximum atomic E-state index is 12.8. The molecular formula is C15H17ClF3N3O2. The third-order valence-electron chi connectivity index (χ3n) is 3.74. The molecule has 1 aromatic carbocycles. The quantitative estimate of drug-likeness (QED) is 0.897. The van der Waals surface area contributed by atoms with E-state index in [4.69, 9.17) is 11.6 Å². The summed E-state index contributed by atoms with van der Waals surface area (Å²) in [5.74, 6) is -0.429. The molecule has 1 saturated heterocycles. The fourth-order valence-electron chi connectivity index (χ4n) is 2.44. The number of halogens is 4. The molecule has 1 fully saturated rings. The zero-order valence-corrected chi connectivity index (χ0v) is 13.7. The van der Waals surface area contributed by atoms with Crippen LogP contribution >= 0.6 is 11.6 Å². The van der Waals surface area contributed by atoms with Gasteiger partial charge in [-0.1, -0.05) is 11.6 Å². The zero-order valence-electron chi connectivity index (χ0n) is 13.0. The SMILES string of the molecule is CC(=O)N1CCN(CC(=O)Nc2ccc(Cl)c(C(F)(F)F)c2)CC1. The number of rotatable bonds is 3. The second kappa shape index (κ2) is 7.40. The van der Waals surface area contributed by atoms with Crippen LogP contribution in [0.4, 0.5) is 18.9 Å². The van der Waals surface area contributed by atoms with Gasteiger partial charge >= 0.3 is 6.18 Å². The van der Waals surface area contributed by atoms with Crippen LogP contribution in [-0.4, -0.2) is 54.3 Å². The van der Waals surface area contributed by atoms with Crippen molar-refractivity contribution in [1.29, 1.82) is 0 Å². The van der Waals surface area contributed by atoms with Crippen LogP contribution in [0.25, 0.3) is 0 Å². The minimum atomic E-state index is -4.58. The standard InChI is InChI=1S/C15H17ClF3N3O2/c1-10(23)22-6-4-21(5-7-22)9-14(24)20-11-2-3-13(16)12(8-11)15(17,18)19/h2-3,8H,4-7,9H2,1H3,(H,20,24). The summed E-state index contributed by atoms with van der Waals surface area (Å²) in [6, 6.07) is 3.24. The second-order valence-corrected chi connectivity index (χ2v) is 5.93. The van der Waals surface area contributed by atoms with Gasteiger partial charge in [0.25, 0.3) is 0 Å². The van der Waals surface area contributed by atoms with Crippen LogP contribution in [0, 0.1) is 0 Å². The Morgan fingerprint density at radius 1 is 1.21 bits per heavy atom. The smallest absolute Gasteiger partial charge is 0.340 e. The lowest BCUT2D eigenvalue weighted by Crippen LogP contribution is -2.49. The molecule has 5 nitrogen and oxygen atoms in total. The third kappa shape index (κ3) is 4.85. The van der Waals surface area contributed by atoms with Crippen LogP contribution in [0.3, 0.4) is 0 Å². The van der Waals surface area contributed by atoms with Crippen LogP contribution < -0.4 is 5.32 Å². The van der Waals surface area contributed by atoms with E-state index in [-0.39, 0.29) is 18.1 Å². The van der Waals surface area contributed by atoms with E-state index in [1.54, 1.807) is 4.90 Å². The van der Waals surface area contributed by atoms with Crippen molar-refractivity contribution in [2.24, 2.45) is 0 Å². The van der Waals surface area contributed by atoms with E-state index in [0.717, 1.165) is 12.1 Å². The van der Waals surface area contributed by atoms with Gasteiger partial charge in [-0.2, -0.15) is 13.2 Å². The maximum Gasteiger partial charge on any atom is 0.417 e. The highest BCUT2D eigenvalue weighted by atomic mass is 35.5. The van der Waals surface area contributed by atoms with Crippen molar-refractivity contribution < 1.29 is 22.8 Å². The van der Waals surface area contributed by atoms with Crippen LogP contribution in [0.1, 0.15) is 12.5 Å². The number of anilines is 1. The van der Waals surface area contributed by atoms with Crippen LogP contribution in [0.2, 0.25) is 5.02 Å². The number of hydrogen-bond donors (Lipinski definition) is 1. The van der Waals surface area contributed by atoms with E-state index in [0.29, 0.717) is 26.2 Å². The number of hydrogen-bond acceptors (Lipinski definition) is 3. The molecule has 0 unspecified atom stereocenters. The van der Waals surface area contributed by atoms with Crippen LogP contribution in [-0.2, 0) is 15.8 Å². The van der Waals surface area contributed by atoms with Crippen LogP contribution in [0.15, 0.2) is 18.2 Å². The predicted octanol–water partition coefficient (Wildman–Crippen LogP) is 2.46. The summed E-state index contributed by atoms with van der Waals surface area (Å²) in [6.07, 6.45) is -4.58. The average molecular weight is 364 g/mol. The zero-order chi connectivity index (χ0) is 17.9. The van der Waals surface area contributed by atoms with E-state index < -0.39 is 22.7 Å². The Bertz CT molecular complexity index is 629. The summed E-state index contributed by atoms with van der Waals surface area (Å²) in [5, 5.41) is 2.03. The molecule has 24 heavy (non-hydrogen) atoms. The van der Waals surface area contributed by atoms with Gasteiger partial charge in [-0.3, -0.25) is 14.5 Å². The molecule has 0 aromatic heterocycles. The summed E-state index contributed by atoms with van der Waals surface area (Å²) in [6.45, 7) is 3.68. The highest BCUT2D eigenvalue weighted by Gasteiger charge is 2.33. The molecule has 1 heterocycles. The van der Waals surface area contributed by atoms with E-state index in [9.17, 15) is 22.8 Å². The first-order valence-corrected chi connectivity index (χ1v) is 7.69. The first-order valence-electron chi connectivity index (χ1n) is 7.31. The fourth-order valence-corrected chi connectivity index (χ4v) is 2.67. The number of benzene rings is 1. The average Bonchev–Trinajstić information content (AvgIpc) is 2.48. The van der Waals surface area contributed by atoms with Gasteiger partial charge < -0.3 is 10.2 Å². The largest absolute Gasteiger partial charge is 0.417 e. The highest BCUT2D eigenvalue weighted by molar-refractivity contribution is 6.31. The Labute approximate surface area is 142 Å². The molecule has 0 bridgehead atoms. The van der Waals surface area contributed by atoms with Gasteiger partial charge in [0.05, 0.1) is 17.1 Å². The van der Waals surface area contributed by atoms with Gasteiger partial charge in [0.15, 0.2) is 0 Å². The first kappa shape index (κ1) is 18.5. The molecule has 2 amide bonds. The van der Waals surface area contributed by atoms with Crippen molar-refractivity contribution in [3.63, 3.8) is 0 Å². The molecule has 0 saturated carbocycles. The predicted molar refractivity (Wildman–Crippen MR) is 83.8 cm³/mol. The molecule has 0 spiro atoms. The van der Waals surface area contributed by atoms with Gasteiger partial charge in [-0.25, -0.2) is 0 Å². The van der Waals surface area contributed by atoms with Gasteiger partial charge in [0.1, 0.15) is 0 Å². The van der Waals surface area contributed by atoms with Crippen molar-refractivity contribution in [3.8, 4) is 0 Å². The van der Waals surface area contributed by atoms with Crippen molar-refractivity contribution in [2.75, 3.05) is 38.0 Å². The summed E-state index contributed by atoms with van der Waals surface area (Å²) < 4.78 is 38.4. The van der Waals surface area contributed by atoms with Gasteiger partial charge in [0.2, 0.25) is 11.8 Å². The Balaban J connectivity index is 1.93. The molecule has 1 N–H and O–H groups in total. The molecule has 1 aliphatic heterocycles. The summed E-state index contributed by atoms with van der Waals surface area (Å²) in [4.78, 5) is 26.8. The van der Waals surface area contributed by atoms with Crippen LogP contribution in [0.5, 0.6) is 0 Å². The lowest BCUT2D eigenvalue weighted by Gasteiger charge is -2.33. The number of carbonyl (C=O) groups excluding carboxylic acids is 2. The number of nitrogens with one attached hydrogen (secondary N) is 1. The minimum absolute atomic E-state index is 0.0139. The van der Waals surface area contributed by atoms with E-state index in [1.165, 1.54) is 13.0 Å². The van der Waals surface area contributed by atoms with Gasteiger partial charge in [-0.15, -0.1) is 0 Å². The van der Waals surface area contributed by atoms with E-state index in [1.807, 2.05) is 4.90 Å². The normalized spacial score (nSPS) is 16.1. The Hall–Kier alpha value is -1.80. The number of amides is 2. The molecule has 0 radical (unpaired) electrons. The van der Waals surface area contributed by atoms with E-state index >= 15 is 0 Å². The Kier molecular flexibility index (Phi) is 5.71. The summed E-state index contributed by atoms with van der Waals surface area (Å²) >= 11 is 5.54. The molecule has 2 rings (SSSR count). The topological polar surface area (TPSA) is 52.7 Å². The van der Waals surface area contributed by atoms with Crippen molar-refractivity contribution in [3.05, 3.63) is 28.8 Å². The number of alkyl halides is 3. The monoisotopic (exact) mass is 363 g/mol. The molecule has 1 aliphatic rings. The summed E-state index contributed by atoms with van der Waals surface area (Å²) in [5.41, 5.74) is -0.948. The number of carbonyl (C=O) groups is 2. The molecule has 9 heteroatoms. The molecule has 132 valence electrons. The highest BCUT2D eigenvalue weighted by Crippen LogP contribution is 2.36. The fraction of sp³-hybridized carbons (Fsp3) is 0.467. The molecule has 0 aliphatic carbocycles. The maximum absolute atomic E-state index is 12.8. The lowest BCUT2D eigenvalue weighted by molar-refractivity contribution is -0.137. The molecular weight excluding hydrogens is 347 g/mol. The second-order valence-electron chi connectivity index (χ2n) is 5.52. The van der Waals surface area contributed by atoms with Crippen molar-refractivity contribution in [1.82, 2.24) is 9.80 Å². The Morgan fingerprint density at radius 3 is 2.38 bits per heavy atom. The van der Waals surface area contributed by atoms with Gasteiger partial charge in [-0.05, 0) is 18.2 Å². The Morgan fingerprint density at radius 2 is 1.83 bits per heavy atom. The van der Waals surface area contributed by atoms with Crippen molar-refractivity contribution >= 4 is 29.1 Å². The minimum Gasteiger partial charge on any atom is -0.340 e.